The normalized spacial score (nSPS) is 10.4. The van der Waals surface area contributed by atoms with E-state index < -0.39 is 0 Å². The van der Waals surface area contributed by atoms with E-state index in [2.05, 4.69) is 34.4 Å². The van der Waals surface area contributed by atoms with E-state index in [1.807, 2.05) is 0 Å². The van der Waals surface area contributed by atoms with Crippen molar-refractivity contribution in [3.63, 3.8) is 0 Å². The zero-order valence-electron chi connectivity index (χ0n) is 13.3. The highest BCUT2D eigenvalue weighted by molar-refractivity contribution is 5.92. The maximum absolute atomic E-state index is 12.0. The molecule has 1 aromatic rings. The minimum Gasteiger partial charge on any atom is -0.369 e. The number of carbonyl (C=O) groups is 1. The van der Waals surface area contributed by atoms with E-state index in [9.17, 15) is 4.79 Å². The van der Waals surface area contributed by atoms with Crippen molar-refractivity contribution in [3.05, 3.63) is 18.1 Å². The molecule has 0 aromatic carbocycles. The maximum Gasteiger partial charge on any atom is 0.271 e. The van der Waals surface area contributed by atoms with Gasteiger partial charge in [-0.05, 0) is 12.8 Å². The Morgan fingerprint density at radius 3 is 2.52 bits per heavy atom. The monoisotopic (exact) mass is 292 g/mol. The molecule has 0 fully saturated rings. The first-order valence-electron chi connectivity index (χ1n) is 8.12. The number of amides is 1. The molecule has 0 radical (unpaired) electrons. The minimum atomic E-state index is -0.142. The van der Waals surface area contributed by atoms with Gasteiger partial charge >= 0.3 is 0 Å². The Hall–Kier alpha value is -1.65. The second kappa shape index (κ2) is 11.1. The molecule has 2 N–H and O–H groups in total. The summed E-state index contributed by atoms with van der Waals surface area (Å²) in [6.07, 6.45) is 11.5. The Morgan fingerprint density at radius 1 is 1.00 bits per heavy atom. The van der Waals surface area contributed by atoms with E-state index in [-0.39, 0.29) is 5.91 Å². The van der Waals surface area contributed by atoms with Gasteiger partial charge in [0.2, 0.25) is 0 Å². The van der Waals surface area contributed by atoms with E-state index in [1.165, 1.54) is 38.3 Å². The number of nitrogens with one attached hydrogen (secondary N) is 2. The van der Waals surface area contributed by atoms with Gasteiger partial charge < -0.3 is 10.6 Å². The fourth-order valence-corrected chi connectivity index (χ4v) is 2.01. The SMILES string of the molecule is CCCCCCCCNC(=O)c1cncc(NCCC)n1. The third kappa shape index (κ3) is 7.63. The van der Waals surface area contributed by atoms with Crippen LogP contribution in [-0.2, 0) is 0 Å². The molecule has 0 saturated heterocycles. The number of hydrogen-bond acceptors (Lipinski definition) is 4. The fraction of sp³-hybridized carbons (Fsp3) is 0.688. The summed E-state index contributed by atoms with van der Waals surface area (Å²) >= 11 is 0. The molecule has 0 aliphatic rings. The summed E-state index contributed by atoms with van der Waals surface area (Å²) < 4.78 is 0. The largest absolute Gasteiger partial charge is 0.369 e. The van der Waals surface area contributed by atoms with E-state index in [4.69, 9.17) is 0 Å². The summed E-state index contributed by atoms with van der Waals surface area (Å²) in [5.74, 6) is 0.514. The molecule has 21 heavy (non-hydrogen) atoms. The molecule has 0 aliphatic heterocycles. The van der Waals surface area contributed by atoms with Crippen LogP contribution in [0.3, 0.4) is 0 Å². The Labute approximate surface area is 128 Å². The first kappa shape index (κ1) is 17.4. The summed E-state index contributed by atoms with van der Waals surface area (Å²) in [4.78, 5) is 20.3. The maximum atomic E-state index is 12.0. The van der Waals surface area contributed by atoms with E-state index in [1.54, 1.807) is 6.20 Å². The lowest BCUT2D eigenvalue weighted by Gasteiger charge is -2.07. The predicted molar refractivity (Wildman–Crippen MR) is 86.5 cm³/mol. The predicted octanol–water partition coefficient (Wildman–Crippen LogP) is 3.39. The molecule has 0 atom stereocenters. The van der Waals surface area contributed by atoms with Crippen LogP contribution in [0.15, 0.2) is 12.4 Å². The lowest BCUT2D eigenvalue weighted by atomic mass is 10.1. The number of aromatic nitrogens is 2. The molecule has 5 heteroatoms. The zero-order valence-corrected chi connectivity index (χ0v) is 13.3. The van der Waals surface area contributed by atoms with Crippen LogP contribution in [-0.4, -0.2) is 29.0 Å². The summed E-state index contributed by atoms with van der Waals surface area (Å²) in [5.41, 5.74) is 0.377. The van der Waals surface area contributed by atoms with Crippen LogP contribution in [0.4, 0.5) is 5.82 Å². The first-order chi connectivity index (χ1) is 10.3. The van der Waals surface area contributed by atoms with Gasteiger partial charge in [-0.2, -0.15) is 0 Å². The number of carbonyl (C=O) groups excluding carboxylic acids is 1. The summed E-state index contributed by atoms with van der Waals surface area (Å²) in [6.45, 7) is 5.83. The quantitative estimate of drug-likeness (QED) is 0.613. The van der Waals surface area contributed by atoms with Crippen molar-refractivity contribution in [3.8, 4) is 0 Å². The number of rotatable bonds is 11. The van der Waals surface area contributed by atoms with Gasteiger partial charge in [0.1, 0.15) is 11.5 Å². The highest BCUT2D eigenvalue weighted by Gasteiger charge is 2.07. The molecule has 0 aliphatic carbocycles. The van der Waals surface area contributed by atoms with E-state index in [0.29, 0.717) is 18.1 Å². The highest BCUT2D eigenvalue weighted by Crippen LogP contribution is 2.05. The zero-order chi connectivity index (χ0) is 15.3. The van der Waals surface area contributed by atoms with Crippen LogP contribution in [0.25, 0.3) is 0 Å². The first-order valence-corrected chi connectivity index (χ1v) is 8.12. The molecular formula is C16H28N4O. The molecule has 0 saturated carbocycles. The van der Waals surface area contributed by atoms with Gasteiger partial charge in [-0.1, -0.05) is 46.0 Å². The molecule has 0 bridgehead atoms. The van der Waals surface area contributed by atoms with Gasteiger partial charge in [-0.25, -0.2) is 4.98 Å². The molecule has 1 amide bonds. The Balaban J connectivity index is 2.25. The lowest BCUT2D eigenvalue weighted by Crippen LogP contribution is -2.25. The summed E-state index contributed by atoms with van der Waals surface area (Å²) in [5, 5.41) is 6.04. The molecule has 0 unspecified atom stereocenters. The second-order valence-corrected chi connectivity index (χ2v) is 5.24. The Kier molecular flexibility index (Phi) is 9.16. The summed E-state index contributed by atoms with van der Waals surface area (Å²) in [7, 11) is 0. The van der Waals surface area contributed by atoms with Crippen molar-refractivity contribution >= 4 is 11.7 Å². The number of unbranched alkanes of at least 4 members (excludes halogenated alkanes) is 5. The van der Waals surface area contributed by atoms with Crippen molar-refractivity contribution < 1.29 is 4.79 Å². The molecule has 118 valence electrons. The van der Waals surface area contributed by atoms with Gasteiger partial charge in [0.25, 0.3) is 5.91 Å². The fourth-order valence-electron chi connectivity index (χ4n) is 2.01. The Bertz CT molecular complexity index is 409. The number of hydrogen-bond donors (Lipinski definition) is 2. The van der Waals surface area contributed by atoms with Crippen molar-refractivity contribution in [1.82, 2.24) is 15.3 Å². The van der Waals surface area contributed by atoms with E-state index in [0.717, 1.165) is 19.4 Å². The van der Waals surface area contributed by atoms with Crippen molar-refractivity contribution in [1.29, 1.82) is 0 Å². The highest BCUT2D eigenvalue weighted by atomic mass is 16.1. The number of nitrogens with zero attached hydrogens (tertiary/aromatic N) is 2. The van der Waals surface area contributed by atoms with Crippen LogP contribution in [0.1, 0.15) is 69.3 Å². The second-order valence-electron chi connectivity index (χ2n) is 5.24. The number of anilines is 1. The van der Waals surface area contributed by atoms with Gasteiger partial charge in [-0.3, -0.25) is 9.78 Å². The van der Waals surface area contributed by atoms with Crippen LogP contribution in [0, 0.1) is 0 Å². The van der Waals surface area contributed by atoms with Gasteiger partial charge in [0.15, 0.2) is 0 Å². The average Bonchev–Trinajstić information content (AvgIpc) is 2.52. The van der Waals surface area contributed by atoms with Crippen molar-refractivity contribution in [2.24, 2.45) is 0 Å². The third-order valence-electron chi connectivity index (χ3n) is 3.24. The standard InChI is InChI=1S/C16H28N4O/c1-3-5-6-7-8-9-11-19-16(21)14-12-17-13-15(20-14)18-10-4-2/h12-13H,3-11H2,1-2H3,(H,18,20)(H,19,21). The third-order valence-corrected chi connectivity index (χ3v) is 3.24. The van der Waals surface area contributed by atoms with Crippen LogP contribution < -0.4 is 10.6 Å². The van der Waals surface area contributed by atoms with Gasteiger partial charge in [0.05, 0.1) is 12.4 Å². The van der Waals surface area contributed by atoms with E-state index >= 15 is 0 Å². The molecule has 1 aromatic heterocycles. The van der Waals surface area contributed by atoms with Gasteiger partial charge in [-0.15, -0.1) is 0 Å². The minimum absolute atomic E-state index is 0.142. The van der Waals surface area contributed by atoms with Crippen LogP contribution in [0.5, 0.6) is 0 Å². The van der Waals surface area contributed by atoms with Crippen molar-refractivity contribution in [2.45, 2.75) is 58.8 Å². The molecule has 5 nitrogen and oxygen atoms in total. The lowest BCUT2D eigenvalue weighted by molar-refractivity contribution is 0.0947. The average molecular weight is 292 g/mol. The molecule has 0 spiro atoms. The van der Waals surface area contributed by atoms with Crippen molar-refractivity contribution in [2.75, 3.05) is 18.4 Å². The van der Waals surface area contributed by atoms with Crippen LogP contribution in [0.2, 0.25) is 0 Å². The summed E-state index contributed by atoms with van der Waals surface area (Å²) in [6, 6.07) is 0. The van der Waals surface area contributed by atoms with Crippen LogP contribution >= 0.6 is 0 Å². The smallest absolute Gasteiger partial charge is 0.271 e. The molecular weight excluding hydrogens is 264 g/mol. The Morgan fingerprint density at radius 2 is 1.76 bits per heavy atom. The molecule has 1 heterocycles. The van der Waals surface area contributed by atoms with Gasteiger partial charge in [0, 0.05) is 13.1 Å². The topological polar surface area (TPSA) is 66.9 Å². The molecule has 1 rings (SSSR count).